The first-order valence-corrected chi connectivity index (χ1v) is 10.0. The highest BCUT2D eigenvalue weighted by Gasteiger charge is 2.32. The number of thiophene rings is 1. The SMILES string of the molecule is O=C(Cc1ccsc1)N1CCN(S(=O)(=O)c2ccc(F)cc2F)CC1. The minimum Gasteiger partial charge on any atom is -0.340 e. The van der Waals surface area contributed by atoms with Crippen LogP contribution in [0.25, 0.3) is 0 Å². The van der Waals surface area contributed by atoms with E-state index in [0.717, 1.165) is 22.0 Å². The van der Waals surface area contributed by atoms with Gasteiger partial charge in [-0.05, 0) is 34.5 Å². The van der Waals surface area contributed by atoms with E-state index < -0.39 is 26.6 Å². The van der Waals surface area contributed by atoms with Gasteiger partial charge in [-0.2, -0.15) is 15.6 Å². The van der Waals surface area contributed by atoms with Crippen molar-refractivity contribution in [2.75, 3.05) is 26.2 Å². The maximum atomic E-state index is 13.8. The number of nitrogens with zero attached hydrogens (tertiary/aromatic N) is 2. The second kappa shape index (κ2) is 7.19. The monoisotopic (exact) mass is 386 g/mol. The number of carbonyl (C=O) groups excluding carboxylic acids is 1. The van der Waals surface area contributed by atoms with E-state index in [4.69, 9.17) is 0 Å². The number of halogens is 2. The molecule has 1 aliphatic heterocycles. The van der Waals surface area contributed by atoms with Crippen LogP contribution in [-0.4, -0.2) is 49.7 Å². The van der Waals surface area contributed by atoms with Gasteiger partial charge < -0.3 is 4.90 Å². The molecule has 0 bridgehead atoms. The van der Waals surface area contributed by atoms with E-state index >= 15 is 0 Å². The van der Waals surface area contributed by atoms with Gasteiger partial charge in [-0.3, -0.25) is 4.79 Å². The van der Waals surface area contributed by atoms with E-state index in [1.165, 1.54) is 11.3 Å². The molecule has 0 unspecified atom stereocenters. The summed E-state index contributed by atoms with van der Waals surface area (Å²) in [6, 6.07) is 4.26. The summed E-state index contributed by atoms with van der Waals surface area (Å²) in [7, 11) is -4.05. The molecule has 3 rings (SSSR count). The van der Waals surface area contributed by atoms with Crippen LogP contribution >= 0.6 is 11.3 Å². The van der Waals surface area contributed by atoms with Gasteiger partial charge in [0.1, 0.15) is 16.5 Å². The van der Waals surface area contributed by atoms with Gasteiger partial charge in [0.25, 0.3) is 0 Å². The van der Waals surface area contributed by atoms with Crippen LogP contribution in [0.5, 0.6) is 0 Å². The van der Waals surface area contributed by atoms with Gasteiger partial charge in [0.15, 0.2) is 0 Å². The third-order valence-electron chi connectivity index (χ3n) is 4.04. The summed E-state index contributed by atoms with van der Waals surface area (Å²) in [6.07, 6.45) is 0.281. The summed E-state index contributed by atoms with van der Waals surface area (Å²) in [5, 5.41) is 3.79. The molecule has 0 N–H and O–H groups in total. The summed E-state index contributed by atoms with van der Waals surface area (Å²) < 4.78 is 52.9. The van der Waals surface area contributed by atoms with Crippen LogP contribution in [0.1, 0.15) is 5.56 Å². The Morgan fingerprint density at radius 1 is 1.12 bits per heavy atom. The summed E-state index contributed by atoms with van der Waals surface area (Å²) >= 11 is 1.51. The van der Waals surface area contributed by atoms with Crippen LogP contribution in [0, 0.1) is 11.6 Å². The molecule has 0 aliphatic carbocycles. The molecule has 0 saturated carbocycles. The van der Waals surface area contributed by atoms with Gasteiger partial charge >= 0.3 is 0 Å². The number of amides is 1. The third-order valence-corrected chi connectivity index (χ3v) is 6.70. The molecule has 1 saturated heterocycles. The van der Waals surface area contributed by atoms with Crippen LogP contribution in [-0.2, 0) is 21.2 Å². The molecule has 0 spiro atoms. The highest BCUT2D eigenvalue weighted by atomic mass is 32.2. The van der Waals surface area contributed by atoms with Gasteiger partial charge in [-0.15, -0.1) is 0 Å². The molecule has 1 aromatic carbocycles. The predicted octanol–water partition coefficient (Wildman–Crippen LogP) is 2.10. The van der Waals surface area contributed by atoms with Crippen LogP contribution in [0.2, 0.25) is 0 Å². The maximum absolute atomic E-state index is 13.8. The topological polar surface area (TPSA) is 57.7 Å². The molecule has 1 aromatic heterocycles. The lowest BCUT2D eigenvalue weighted by atomic mass is 10.2. The Morgan fingerprint density at radius 3 is 2.44 bits per heavy atom. The Morgan fingerprint density at radius 2 is 1.84 bits per heavy atom. The summed E-state index contributed by atoms with van der Waals surface area (Å²) in [6.45, 7) is 0.638. The lowest BCUT2D eigenvalue weighted by Crippen LogP contribution is -2.51. The Balaban J connectivity index is 1.66. The van der Waals surface area contributed by atoms with Crippen molar-refractivity contribution in [3.05, 3.63) is 52.2 Å². The van der Waals surface area contributed by atoms with Gasteiger partial charge in [0, 0.05) is 32.2 Å². The highest BCUT2D eigenvalue weighted by Crippen LogP contribution is 2.21. The van der Waals surface area contributed by atoms with Gasteiger partial charge in [0.2, 0.25) is 15.9 Å². The molecule has 0 radical (unpaired) electrons. The van der Waals surface area contributed by atoms with Gasteiger partial charge in [-0.1, -0.05) is 0 Å². The molecule has 5 nitrogen and oxygen atoms in total. The van der Waals surface area contributed by atoms with Crippen molar-refractivity contribution in [3.8, 4) is 0 Å². The molecular formula is C16H16F2N2O3S2. The fourth-order valence-corrected chi connectivity index (χ4v) is 4.82. The molecule has 9 heteroatoms. The summed E-state index contributed by atoms with van der Waals surface area (Å²) in [4.78, 5) is 13.3. The van der Waals surface area contributed by atoms with Crippen molar-refractivity contribution in [2.24, 2.45) is 0 Å². The van der Waals surface area contributed by atoms with E-state index in [-0.39, 0.29) is 38.5 Å². The number of rotatable bonds is 4. The van der Waals surface area contributed by atoms with E-state index in [9.17, 15) is 22.0 Å². The van der Waals surface area contributed by atoms with E-state index in [1.54, 1.807) is 4.90 Å². The molecule has 2 heterocycles. The number of hydrogen-bond donors (Lipinski definition) is 0. The first-order chi connectivity index (χ1) is 11.9. The minimum absolute atomic E-state index is 0.0663. The Kier molecular flexibility index (Phi) is 5.16. The Hall–Kier alpha value is -1.84. The fourth-order valence-electron chi connectivity index (χ4n) is 2.68. The first-order valence-electron chi connectivity index (χ1n) is 7.62. The number of sulfonamides is 1. The largest absolute Gasteiger partial charge is 0.340 e. The van der Waals surface area contributed by atoms with Crippen molar-refractivity contribution < 1.29 is 22.0 Å². The van der Waals surface area contributed by atoms with Crippen molar-refractivity contribution in [3.63, 3.8) is 0 Å². The zero-order valence-corrected chi connectivity index (χ0v) is 14.8. The lowest BCUT2D eigenvalue weighted by Gasteiger charge is -2.34. The van der Waals surface area contributed by atoms with Crippen molar-refractivity contribution in [2.45, 2.75) is 11.3 Å². The normalized spacial score (nSPS) is 16.2. The van der Waals surface area contributed by atoms with Crippen molar-refractivity contribution in [1.29, 1.82) is 0 Å². The standard InChI is InChI=1S/C16H16F2N2O3S2/c17-13-1-2-15(14(18)10-13)25(22,23)20-6-4-19(5-7-20)16(21)9-12-3-8-24-11-12/h1-3,8,10-11H,4-7,9H2. The Bertz CT molecular complexity index is 862. The first kappa shape index (κ1) is 18.0. The highest BCUT2D eigenvalue weighted by molar-refractivity contribution is 7.89. The number of piperazine rings is 1. The maximum Gasteiger partial charge on any atom is 0.246 e. The summed E-state index contributed by atoms with van der Waals surface area (Å²) in [5.41, 5.74) is 0.929. The van der Waals surface area contributed by atoms with Crippen LogP contribution in [0.15, 0.2) is 39.9 Å². The fraction of sp³-hybridized carbons (Fsp3) is 0.312. The molecule has 134 valence electrons. The summed E-state index contributed by atoms with van der Waals surface area (Å²) in [5.74, 6) is -2.01. The number of benzene rings is 1. The van der Waals surface area contributed by atoms with E-state index in [2.05, 4.69) is 0 Å². The number of hydrogen-bond acceptors (Lipinski definition) is 4. The molecule has 25 heavy (non-hydrogen) atoms. The van der Waals surface area contributed by atoms with Gasteiger partial charge in [0.05, 0.1) is 6.42 Å². The predicted molar refractivity (Wildman–Crippen MR) is 89.7 cm³/mol. The average Bonchev–Trinajstić information content (AvgIpc) is 3.07. The van der Waals surface area contributed by atoms with E-state index in [1.807, 2.05) is 16.8 Å². The van der Waals surface area contributed by atoms with Crippen LogP contribution in [0.4, 0.5) is 8.78 Å². The quantitative estimate of drug-likeness (QED) is 0.809. The smallest absolute Gasteiger partial charge is 0.246 e. The van der Waals surface area contributed by atoms with Gasteiger partial charge in [-0.25, -0.2) is 17.2 Å². The second-order valence-corrected chi connectivity index (χ2v) is 8.35. The lowest BCUT2D eigenvalue weighted by molar-refractivity contribution is -0.131. The number of carbonyl (C=O) groups is 1. The third kappa shape index (κ3) is 3.88. The van der Waals surface area contributed by atoms with Crippen molar-refractivity contribution in [1.82, 2.24) is 9.21 Å². The van der Waals surface area contributed by atoms with Crippen LogP contribution < -0.4 is 0 Å². The second-order valence-electron chi connectivity index (χ2n) is 5.67. The molecule has 2 aromatic rings. The molecule has 1 aliphatic rings. The zero-order valence-electron chi connectivity index (χ0n) is 13.2. The van der Waals surface area contributed by atoms with Crippen LogP contribution in [0.3, 0.4) is 0 Å². The zero-order chi connectivity index (χ0) is 18.0. The average molecular weight is 386 g/mol. The Labute approximate surface area is 148 Å². The van der Waals surface area contributed by atoms with Crippen molar-refractivity contribution >= 4 is 27.3 Å². The van der Waals surface area contributed by atoms with E-state index in [0.29, 0.717) is 6.07 Å². The molecule has 1 fully saturated rings. The minimum atomic E-state index is -4.05. The molecule has 0 atom stereocenters. The molecule has 1 amide bonds. The molecular weight excluding hydrogens is 370 g/mol.